The minimum absolute atomic E-state index is 0.150. The van der Waals surface area contributed by atoms with E-state index in [0.717, 1.165) is 23.3 Å². The molecule has 3 aromatic rings. The van der Waals surface area contributed by atoms with E-state index in [1.165, 1.54) is 0 Å². The van der Waals surface area contributed by atoms with Crippen molar-refractivity contribution in [2.75, 3.05) is 5.32 Å². The van der Waals surface area contributed by atoms with Crippen LogP contribution in [0.2, 0.25) is 5.02 Å². The molecule has 0 unspecified atom stereocenters. The smallest absolute Gasteiger partial charge is 0.416 e. The van der Waals surface area contributed by atoms with Gasteiger partial charge in [-0.25, -0.2) is 5.43 Å². The maximum atomic E-state index is 12.9. The van der Waals surface area contributed by atoms with E-state index in [1.54, 1.807) is 31.2 Å². The van der Waals surface area contributed by atoms with E-state index in [-0.39, 0.29) is 10.7 Å². The third kappa shape index (κ3) is 7.31. The Labute approximate surface area is 204 Å². The van der Waals surface area contributed by atoms with Crippen molar-refractivity contribution in [3.8, 4) is 5.75 Å². The molecule has 0 saturated heterocycles. The van der Waals surface area contributed by atoms with Crippen molar-refractivity contribution < 1.29 is 27.5 Å². The first-order valence-corrected chi connectivity index (χ1v) is 10.7. The van der Waals surface area contributed by atoms with Crippen LogP contribution in [0.4, 0.5) is 18.9 Å². The monoisotopic (exact) mass is 503 g/mol. The van der Waals surface area contributed by atoms with E-state index in [0.29, 0.717) is 29.7 Å². The summed E-state index contributed by atoms with van der Waals surface area (Å²) in [6, 6.07) is 17.3. The number of carbonyl (C=O) groups excluding carboxylic acids is 2. The maximum Gasteiger partial charge on any atom is 0.416 e. The van der Waals surface area contributed by atoms with Gasteiger partial charge in [-0.15, -0.1) is 0 Å². The molecular formula is C25H21ClF3N3O3. The second kappa shape index (κ2) is 11.1. The third-order valence-electron chi connectivity index (χ3n) is 4.87. The number of hydrazone groups is 1. The van der Waals surface area contributed by atoms with Crippen LogP contribution in [0, 0.1) is 6.92 Å². The number of ether oxygens (including phenoxy) is 1. The lowest BCUT2D eigenvalue weighted by Gasteiger charge is -2.11. The summed E-state index contributed by atoms with van der Waals surface area (Å²) in [5, 5.41) is 5.78. The van der Waals surface area contributed by atoms with Crippen LogP contribution in [-0.4, -0.2) is 17.5 Å². The maximum absolute atomic E-state index is 12.9. The molecule has 2 amide bonds. The van der Waals surface area contributed by atoms with Gasteiger partial charge in [-0.1, -0.05) is 41.4 Å². The van der Waals surface area contributed by atoms with E-state index in [4.69, 9.17) is 16.3 Å². The summed E-state index contributed by atoms with van der Waals surface area (Å²) in [5.41, 5.74) is 3.97. The highest BCUT2D eigenvalue weighted by Gasteiger charge is 2.31. The van der Waals surface area contributed by atoms with Crippen molar-refractivity contribution >= 4 is 34.8 Å². The van der Waals surface area contributed by atoms with Gasteiger partial charge < -0.3 is 10.1 Å². The van der Waals surface area contributed by atoms with E-state index in [2.05, 4.69) is 15.8 Å². The van der Waals surface area contributed by atoms with Gasteiger partial charge in [0.25, 0.3) is 0 Å². The standard InChI is InChI=1S/C25H21ClF3N3O3/c1-15-3-5-17(6-4-15)14-35-20-10-7-18(8-11-20)16(2)31-32-24(34)23(33)30-22-13-19(25(27,28)29)9-12-21(22)26/h3-13H,14H2,1-2H3,(H,30,33)(H,32,34)/b31-16+. The van der Waals surface area contributed by atoms with Crippen LogP contribution < -0.4 is 15.5 Å². The largest absolute Gasteiger partial charge is 0.489 e. The molecule has 2 N–H and O–H groups in total. The molecule has 0 radical (unpaired) electrons. The molecule has 182 valence electrons. The Hall–Kier alpha value is -3.85. The Balaban J connectivity index is 1.56. The number of hydrogen-bond acceptors (Lipinski definition) is 4. The highest BCUT2D eigenvalue weighted by molar-refractivity contribution is 6.41. The molecule has 0 atom stereocenters. The van der Waals surface area contributed by atoms with Crippen molar-refractivity contribution in [3.05, 3.63) is 94.0 Å². The summed E-state index contributed by atoms with van der Waals surface area (Å²) in [6.45, 7) is 4.03. The second-order valence-corrected chi connectivity index (χ2v) is 7.99. The number of anilines is 1. The number of carbonyl (C=O) groups is 2. The van der Waals surface area contributed by atoms with Crippen molar-refractivity contribution in [3.63, 3.8) is 0 Å². The highest BCUT2D eigenvalue weighted by atomic mass is 35.5. The average Bonchev–Trinajstić information content (AvgIpc) is 2.83. The molecule has 35 heavy (non-hydrogen) atoms. The van der Waals surface area contributed by atoms with Gasteiger partial charge >= 0.3 is 18.0 Å². The van der Waals surface area contributed by atoms with Gasteiger partial charge in [0.1, 0.15) is 12.4 Å². The first-order valence-electron chi connectivity index (χ1n) is 10.3. The Kier molecular flexibility index (Phi) is 8.14. The lowest BCUT2D eigenvalue weighted by Crippen LogP contribution is -2.33. The Morgan fingerprint density at radius 2 is 1.63 bits per heavy atom. The molecular weight excluding hydrogens is 483 g/mol. The van der Waals surface area contributed by atoms with E-state index < -0.39 is 23.6 Å². The lowest BCUT2D eigenvalue weighted by atomic mass is 10.1. The van der Waals surface area contributed by atoms with Gasteiger partial charge in [-0.05, 0) is 67.4 Å². The number of amides is 2. The quantitative estimate of drug-likeness (QED) is 0.256. The van der Waals surface area contributed by atoms with Gasteiger partial charge in [0.2, 0.25) is 0 Å². The fourth-order valence-corrected chi connectivity index (χ4v) is 3.03. The number of nitrogens with one attached hydrogen (secondary N) is 2. The molecule has 3 aromatic carbocycles. The summed E-state index contributed by atoms with van der Waals surface area (Å²) in [6.07, 6.45) is -4.63. The number of aryl methyl sites for hydroxylation is 1. The molecule has 0 fully saturated rings. The zero-order valence-corrected chi connectivity index (χ0v) is 19.5. The van der Waals surface area contributed by atoms with Crippen molar-refractivity contribution in [2.24, 2.45) is 5.10 Å². The number of rotatable bonds is 6. The molecule has 0 aliphatic rings. The molecule has 0 aromatic heterocycles. The summed E-state index contributed by atoms with van der Waals surface area (Å²) >= 11 is 5.83. The van der Waals surface area contributed by atoms with Gasteiger partial charge in [0.15, 0.2) is 0 Å². The summed E-state index contributed by atoms with van der Waals surface area (Å²) < 4.78 is 44.3. The molecule has 6 nitrogen and oxygen atoms in total. The van der Waals surface area contributed by atoms with Crippen LogP contribution in [0.1, 0.15) is 29.2 Å². The molecule has 0 bridgehead atoms. The lowest BCUT2D eigenvalue weighted by molar-refractivity contribution is -0.137. The molecule has 0 saturated carbocycles. The van der Waals surface area contributed by atoms with Gasteiger partial charge in [0.05, 0.1) is 22.0 Å². The van der Waals surface area contributed by atoms with Gasteiger partial charge in [-0.3, -0.25) is 9.59 Å². The second-order valence-electron chi connectivity index (χ2n) is 7.58. The topological polar surface area (TPSA) is 79.8 Å². The minimum atomic E-state index is -4.63. The van der Waals surface area contributed by atoms with Crippen LogP contribution in [-0.2, 0) is 22.4 Å². The van der Waals surface area contributed by atoms with Crippen molar-refractivity contribution in [1.82, 2.24) is 5.43 Å². The van der Waals surface area contributed by atoms with Crippen molar-refractivity contribution in [1.29, 1.82) is 0 Å². The van der Waals surface area contributed by atoms with E-state index >= 15 is 0 Å². The van der Waals surface area contributed by atoms with Crippen LogP contribution >= 0.6 is 11.6 Å². The number of alkyl halides is 3. The molecule has 0 aliphatic heterocycles. The molecule has 0 spiro atoms. The zero-order valence-electron chi connectivity index (χ0n) is 18.7. The van der Waals surface area contributed by atoms with Crippen LogP contribution in [0.15, 0.2) is 71.8 Å². The van der Waals surface area contributed by atoms with E-state index in [1.807, 2.05) is 31.2 Å². The van der Waals surface area contributed by atoms with Crippen molar-refractivity contribution in [2.45, 2.75) is 26.6 Å². The molecule has 10 heteroatoms. The van der Waals surface area contributed by atoms with Crippen LogP contribution in [0.25, 0.3) is 0 Å². The fourth-order valence-electron chi connectivity index (χ4n) is 2.87. The first-order chi connectivity index (χ1) is 16.5. The summed E-state index contributed by atoms with van der Waals surface area (Å²) in [5.74, 6) is -1.75. The van der Waals surface area contributed by atoms with Gasteiger partial charge in [-0.2, -0.15) is 18.3 Å². The number of hydrogen-bond donors (Lipinski definition) is 2. The Morgan fingerprint density at radius 1 is 0.971 bits per heavy atom. The van der Waals surface area contributed by atoms with E-state index in [9.17, 15) is 22.8 Å². The SMILES string of the molecule is C/C(=N\NC(=O)C(=O)Nc1cc(C(F)(F)F)ccc1Cl)c1ccc(OCc2ccc(C)cc2)cc1. The first kappa shape index (κ1) is 25.8. The molecule has 3 rings (SSSR count). The number of nitrogens with zero attached hydrogens (tertiary/aromatic N) is 1. The predicted molar refractivity (Wildman–Crippen MR) is 127 cm³/mol. The summed E-state index contributed by atoms with van der Waals surface area (Å²) in [4.78, 5) is 24.1. The fraction of sp³-hybridized carbons (Fsp3) is 0.160. The Morgan fingerprint density at radius 3 is 2.26 bits per heavy atom. The zero-order chi connectivity index (χ0) is 25.6. The van der Waals surface area contributed by atoms with Crippen LogP contribution in [0.3, 0.4) is 0 Å². The molecule has 0 aliphatic carbocycles. The number of benzene rings is 3. The van der Waals surface area contributed by atoms with Gasteiger partial charge in [0, 0.05) is 0 Å². The Bertz CT molecular complexity index is 1240. The predicted octanol–water partition coefficient (Wildman–Crippen LogP) is 5.73. The highest BCUT2D eigenvalue weighted by Crippen LogP contribution is 2.33. The third-order valence-corrected chi connectivity index (χ3v) is 5.20. The van der Waals surface area contributed by atoms with Crippen LogP contribution in [0.5, 0.6) is 5.75 Å². The summed E-state index contributed by atoms with van der Waals surface area (Å²) in [7, 11) is 0. The number of halogens is 4. The normalized spacial score (nSPS) is 11.7. The minimum Gasteiger partial charge on any atom is -0.489 e. The average molecular weight is 504 g/mol. The molecule has 0 heterocycles.